The number of anilines is 1. The average molecular weight is 474 g/mol. The molecule has 0 aliphatic carbocycles. The zero-order chi connectivity index (χ0) is 24.4. The van der Waals surface area contributed by atoms with Crippen molar-refractivity contribution in [1.82, 2.24) is 10.2 Å². The van der Waals surface area contributed by atoms with E-state index in [1.807, 2.05) is 62.4 Å². The summed E-state index contributed by atoms with van der Waals surface area (Å²) in [5, 5.41) is 2.65. The lowest BCUT2D eigenvalue weighted by Gasteiger charge is -2.30. The summed E-state index contributed by atoms with van der Waals surface area (Å²) in [6, 6.07) is 16.5. The SMILES string of the molecule is CCC(C(=O)NC)N(CCc1ccccc1)C(=O)CCCN(c1cccc(C)c1)S(C)(=O)=O. The van der Waals surface area contributed by atoms with E-state index in [-0.39, 0.29) is 24.8 Å². The lowest BCUT2D eigenvalue weighted by Crippen LogP contribution is -2.49. The molecule has 0 radical (unpaired) electrons. The van der Waals surface area contributed by atoms with Crippen molar-refractivity contribution in [3.8, 4) is 0 Å². The van der Waals surface area contributed by atoms with Crippen molar-refractivity contribution < 1.29 is 18.0 Å². The predicted octanol–water partition coefficient (Wildman–Crippen LogP) is 3.14. The van der Waals surface area contributed by atoms with Crippen LogP contribution in [0.3, 0.4) is 0 Å². The van der Waals surface area contributed by atoms with E-state index in [0.717, 1.165) is 11.1 Å². The molecule has 1 unspecified atom stereocenters. The highest BCUT2D eigenvalue weighted by Crippen LogP contribution is 2.20. The summed E-state index contributed by atoms with van der Waals surface area (Å²) in [5.41, 5.74) is 2.63. The standard InChI is InChI=1S/C25H35N3O4S/c1-5-23(25(30)26-3)27(18-16-21-12-7-6-8-13-21)24(29)15-10-17-28(33(4,31)32)22-14-9-11-20(2)19-22/h6-9,11-14,19,23H,5,10,15-18H2,1-4H3,(H,26,30). The molecule has 0 aromatic heterocycles. The molecule has 1 N–H and O–H groups in total. The Bertz CT molecular complexity index is 1020. The lowest BCUT2D eigenvalue weighted by atomic mass is 10.1. The van der Waals surface area contributed by atoms with Gasteiger partial charge in [0.2, 0.25) is 21.8 Å². The van der Waals surface area contributed by atoms with Crippen LogP contribution in [0.25, 0.3) is 0 Å². The van der Waals surface area contributed by atoms with E-state index >= 15 is 0 Å². The lowest BCUT2D eigenvalue weighted by molar-refractivity contribution is -0.140. The first-order valence-electron chi connectivity index (χ1n) is 11.3. The fourth-order valence-electron chi connectivity index (χ4n) is 3.85. The summed E-state index contributed by atoms with van der Waals surface area (Å²) in [5.74, 6) is -0.351. The van der Waals surface area contributed by atoms with E-state index in [1.165, 1.54) is 10.6 Å². The molecule has 0 saturated heterocycles. The maximum Gasteiger partial charge on any atom is 0.242 e. The number of sulfonamides is 1. The van der Waals surface area contributed by atoms with E-state index in [4.69, 9.17) is 0 Å². The Morgan fingerprint density at radius 1 is 1.03 bits per heavy atom. The minimum absolute atomic E-state index is 0.153. The highest BCUT2D eigenvalue weighted by Gasteiger charge is 2.27. The minimum Gasteiger partial charge on any atom is -0.357 e. The molecule has 0 bridgehead atoms. The Kier molecular flexibility index (Phi) is 9.91. The number of nitrogens with zero attached hydrogens (tertiary/aromatic N) is 2. The Balaban J connectivity index is 2.12. The molecule has 8 heteroatoms. The van der Waals surface area contributed by atoms with Crippen molar-refractivity contribution in [2.45, 2.75) is 45.6 Å². The van der Waals surface area contributed by atoms with Crippen LogP contribution in [-0.2, 0) is 26.0 Å². The zero-order valence-electron chi connectivity index (χ0n) is 20.0. The van der Waals surface area contributed by atoms with Crippen molar-refractivity contribution in [1.29, 1.82) is 0 Å². The number of likely N-dealkylation sites (N-methyl/N-ethyl adjacent to an activating group) is 1. The van der Waals surface area contributed by atoms with Crippen LogP contribution in [0.1, 0.15) is 37.3 Å². The number of benzene rings is 2. The van der Waals surface area contributed by atoms with Crippen LogP contribution in [-0.4, -0.2) is 57.6 Å². The highest BCUT2D eigenvalue weighted by molar-refractivity contribution is 7.92. The second kappa shape index (κ2) is 12.4. The van der Waals surface area contributed by atoms with Crippen molar-refractivity contribution in [2.24, 2.45) is 0 Å². The summed E-state index contributed by atoms with van der Waals surface area (Å²) >= 11 is 0. The van der Waals surface area contributed by atoms with E-state index in [0.29, 0.717) is 31.5 Å². The summed E-state index contributed by atoms with van der Waals surface area (Å²) < 4.78 is 26.1. The molecular weight excluding hydrogens is 438 g/mol. The molecule has 33 heavy (non-hydrogen) atoms. The van der Waals surface area contributed by atoms with Gasteiger partial charge in [0.1, 0.15) is 6.04 Å². The molecule has 2 amide bonds. The van der Waals surface area contributed by atoms with Gasteiger partial charge >= 0.3 is 0 Å². The molecule has 0 aliphatic rings. The minimum atomic E-state index is -3.49. The van der Waals surface area contributed by atoms with Crippen LogP contribution in [0.5, 0.6) is 0 Å². The first kappa shape index (κ1) is 26.4. The van der Waals surface area contributed by atoms with Gasteiger partial charge in [-0.2, -0.15) is 0 Å². The number of carbonyl (C=O) groups excluding carboxylic acids is 2. The van der Waals surface area contributed by atoms with E-state index in [9.17, 15) is 18.0 Å². The van der Waals surface area contributed by atoms with Crippen LogP contribution in [0.15, 0.2) is 54.6 Å². The van der Waals surface area contributed by atoms with Gasteiger partial charge in [-0.3, -0.25) is 13.9 Å². The molecule has 180 valence electrons. The first-order valence-corrected chi connectivity index (χ1v) is 13.1. The summed E-state index contributed by atoms with van der Waals surface area (Å²) in [4.78, 5) is 27.3. The average Bonchev–Trinajstić information content (AvgIpc) is 2.78. The van der Waals surface area contributed by atoms with Crippen LogP contribution in [0, 0.1) is 6.92 Å². The topological polar surface area (TPSA) is 86.8 Å². The third-order valence-electron chi connectivity index (χ3n) is 5.56. The van der Waals surface area contributed by atoms with Crippen molar-refractivity contribution in [3.05, 3.63) is 65.7 Å². The molecule has 0 fully saturated rings. The third-order valence-corrected chi connectivity index (χ3v) is 6.75. The monoisotopic (exact) mass is 473 g/mol. The normalized spacial score (nSPS) is 12.1. The van der Waals surface area contributed by atoms with Crippen LogP contribution in [0.2, 0.25) is 0 Å². The molecule has 0 heterocycles. The molecule has 7 nitrogen and oxygen atoms in total. The number of carbonyl (C=O) groups is 2. The van der Waals surface area contributed by atoms with Crippen molar-refractivity contribution >= 4 is 27.5 Å². The molecular formula is C25H35N3O4S. The smallest absolute Gasteiger partial charge is 0.242 e. The Morgan fingerprint density at radius 2 is 1.73 bits per heavy atom. The Hall–Kier alpha value is -2.87. The van der Waals surface area contributed by atoms with Gasteiger partial charge in [0, 0.05) is 26.6 Å². The zero-order valence-corrected chi connectivity index (χ0v) is 20.8. The summed E-state index contributed by atoms with van der Waals surface area (Å²) in [6.07, 6.45) is 2.81. The largest absolute Gasteiger partial charge is 0.357 e. The molecule has 2 aromatic carbocycles. The summed E-state index contributed by atoms with van der Waals surface area (Å²) in [6.45, 7) is 4.40. The fraction of sp³-hybridized carbons (Fsp3) is 0.440. The van der Waals surface area contributed by atoms with Gasteiger partial charge in [-0.15, -0.1) is 0 Å². The Labute approximate surface area is 197 Å². The van der Waals surface area contributed by atoms with E-state index in [2.05, 4.69) is 5.32 Å². The predicted molar refractivity (Wildman–Crippen MR) is 133 cm³/mol. The quantitative estimate of drug-likeness (QED) is 0.513. The van der Waals surface area contributed by atoms with Gasteiger partial charge in [0.05, 0.1) is 11.9 Å². The van der Waals surface area contributed by atoms with Gasteiger partial charge < -0.3 is 10.2 Å². The first-order chi connectivity index (χ1) is 15.7. The van der Waals surface area contributed by atoms with Gasteiger partial charge in [-0.25, -0.2) is 8.42 Å². The van der Waals surface area contributed by atoms with Crippen LogP contribution < -0.4 is 9.62 Å². The second-order valence-corrected chi connectivity index (χ2v) is 10.0. The van der Waals surface area contributed by atoms with Gasteiger partial charge in [0.15, 0.2) is 0 Å². The maximum atomic E-state index is 13.2. The Morgan fingerprint density at radius 3 is 2.30 bits per heavy atom. The van der Waals surface area contributed by atoms with E-state index in [1.54, 1.807) is 18.0 Å². The van der Waals surface area contributed by atoms with Crippen LogP contribution >= 0.6 is 0 Å². The molecule has 0 spiro atoms. The second-order valence-electron chi connectivity index (χ2n) is 8.14. The third kappa shape index (κ3) is 7.89. The number of hydrogen-bond acceptors (Lipinski definition) is 4. The molecule has 0 aliphatic heterocycles. The maximum absolute atomic E-state index is 13.2. The number of aryl methyl sites for hydroxylation is 1. The van der Waals surface area contributed by atoms with E-state index < -0.39 is 16.1 Å². The molecule has 0 saturated carbocycles. The van der Waals surface area contributed by atoms with Crippen molar-refractivity contribution in [3.63, 3.8) is 0 Å². The van der Waals surface area contributed by atoms with Crippen LogP contribution in [0.4, 0.5) is 5.69 Å². The number of nitrogens with one attached hydrogen (secondary N) is 1. The molecule has 2 aromatic rings. The van der Waals surface area contributed by atoms with Crippen molar-refractivity contribution in [2.75, 3.05) is 30.7 Å². The molecule has 1 atom stereocenters. The summed E-state index contributed by atoms with van der Waals surface area (Å²) in [7, 11) is -1.93. The van der Waals surface area contributed by atoms with Gasteiger partial charge in [0.25, 0.3) is 0 Å². The fourth-order valence-corrected chi connectivity index (χ4v) is 4.81. The number of hydrogen-bond donors (Lipinski definition) is 1. The number of rotatable bonds is 12. The molecule has 2 rings (SSSR count). The van der Waals surface area contributed by atoms with Gasteiger partial charge in [-0.05, 0) is 49.4 Å². The van der Waals surface area contributed by atoms with Gasteiger partial charge in [-0.1, -0.05) is 49.4 Å². The number of amides is 2. The highest BCUT2D eigenvalue weighted by atomic mass is 32.2.